The van der Waals surface area contributed by atoms with Crippen LogP contribution in [0.3, 0.4) is 0 Å². The van der Waals surface area contributed by atoms with Crippen LogP contribution in [0.5, 0.6) is 5.75 Å². The van der Waals surface area contributed by atoms with Gasteiger partial charge in [0, 0.05) is 17.6 Å². The van der Waals surface area contributed by atoms with Crippen LogP contribution in [0, 0.1) is 0 Å². The minimum atomic E-state index is -0.253. The summed E-state index contributed by atoms with van der Waals surface area (Å²) in [5.41, 5.74) is 0.518. The van der Waals surface area contributed by atoms with E-state index >= 15 is 0 Å². The van der Waals surface area contributed by atoms with Gasteiger partial charge in [-0.25, -0.2) is 0 Å². The highest BCUT2D eigenvalue weighted by molar-refractivity contribution is 7.80. The van der Waals surface area contributed by atoms with E-state index in [-0.39, 0.29) is 5.91 Å². The lowest BCUT2D eigenvalue weighted by Crippen LogP contribution is -2.38. The maximum Gasteiger partial charge on any atom is 0.257 e. The number of thiophene rings is 1. The van der Waals surface area contributed by atoms with Gasteiger partial charge in [0.2, 0.25) is 0 Å². The Morgan fingerprint density at radius 3 is 2.65 bits per heavy atom. The number of methoxy groups -OCH3 is 1. The van der Waals surface area contributed by atoms with E-state index in [9.17, 15) is 4.79 Å². The summed E-state index contributed by atoms with van der Waals surface area (Å²) in [6, 6.07) is 10.8. The quantitative estimate of drug-likeness (QED) is 0.594. The number of nitrogens with one attached hydrogen (secondary N) is 2. The van der Waals surface area contributed by atoms with Gasteiger partial charge in [0.25, 0.3) is 5.91 Å². The third-order valence-electron chi connectivity index (χ3n) is 2.90. The van der Waals surface area contributed by atoms with Gasteiger partial charge >= 0.3 is 0 Å². The van der Waals surface area contributed by atoms with Crippen LogP contribution in [0.4, 0.5) is 0 Å². The van der Waals surface area contributed by atoms with Gasteiger partial charge in [-0.1, -0.05) is 6.07 Å². The zero-order chi connectivity index (χ0) is 16.5. The van der Waals surface area contributed by atoms with Crippen LogP contribution in [0.15, 0.2) is 41.8 Å². The standard InChI is InChI=1S/C16H18N2O3S2/c1-20-8-9-21-13-6-4-12(5-7-13)15(19)18-16(22)17-11-14-3-2-10-23-14/h2-7,10H,8-9,11H2,1H3,(H2,17,18,19,22). The monoisotopic (exact) mass is 350 g/mol. The molecule has 0 bridgehead atoms. The van der Waals surface area contributed by atoms with Crippen LogP contribution < -0.4 is 15.4 Å². The molecule has 0 fully saturated rings. The Morgan fingerprint density at radius 1 is 1.22 bits per heavy atom. The van der Waals surface area contributed by atoms with Crippen LogP contribution in [-0.2, 0) is 11.3 Å². The molecule has 0 aliphatic rings. The van der Waals surface area contributed by atoms with Gasteiger partial charge in [-0.3, -0.25) is 10.1 Å². The van der Waals surface area contributed by atoms with Crippen molar-refractivity contribution in [2.75, 3.05) is 20.3 Å². The van der Waals surface area contributed by atoms with Gasteiger partial charge in [0.05, 0.1) is 13.2 Å². The molecule has 7 heteroatoms. The number of rotatable bonds is 7. The van der Waals surface area contributed by atoms with E-state index < -0.39 is 0 Å². The van der Waals surface area contributed by atoms with Crippen LogP contribution in [-0.4, -0.2) is 31.3 Å². The Hall–Kier alpha value is -1.96. The number of carbonyl (C=O) groups is 1. The van der Waals surface area contributed by atoms with E-state index in [0.29, 0.717) is 36.2 Å². The van der Waals surface area contributed by atoms with Crippen molar-refractivity contribution in [1.82, 2.24) is 10.6 Å². The fourth-order valence-electron chi connectivity index (χ4n) is 1.75. The molecule has 23 heavy (non-hydrogen) atoms. The lowest BCUT2D eigenvalue weighted by atomic mass is 10.2. The Balaban J connectivity index is 1.79. The predicted octanol–water partition coefficient (Wildman–Crippen LogP) is 2.58. The summed E-state index contributed by atoms with van der Waals surface area (Å²) in [6.07, 6.45) is 0. The predicted molar refractivity (Wildman–Crippen MR) is 95.0 cm³/mol. The lowest BCUT2D eigenvalue weighted by Gasteiger charge is -2.09. The van der Waals surface area contributed by atoms with Crippen molar-refractivity contribution in [3.05, 3.63) is 52.2 Å². The molecule has 2 aromatic rings. The summed E-state index contributed by atoms with van der Waals surface area (Å²) in [7, 11) is 1.62. The minimum Gasteiger partial charge on any atom is -0.491 e. The van der Waals surface area contributed by atoms with Gasteiger partial charge in [-0.15, -0.1) is 11.3 Å². The first-order valence-electron chi connectivity index (χ1n) is 7.02. The first-order valence-corrected chi connectivity index (χ1v) is 8.31. The highest BCUT2D eigenvalue weighted by Crippen LogP contribution is 2.12. The SMILES string of the molecule is COCCOc1ccc(C(=O)NC(=S)NCc2cccs2)cc1. The summed E-state index contributed by atoms with van der Waals surface area (Å²) in [5, 5.41) is 7.96. The molecule has 0 atom stereocenters. The van der Waals surface area contributed by atoms with Crippen molar-refractivity contribution < 1.29 is 14.3 Å². The Kier molecular flexibility index (Phi) is 6.99. The first-order chi connectivity index (χ1) is 11.2. The van der Waals surface area contributed by atoms with Crippen molar-refractivity contribution in [2.24, 2.45) is 0 Å². The molecule has 0 saturated heterocycles. The third kappa shape index (κ3) is 5.97. The molecule has 5 nitrogen and oxygen atoms in total. The van der Waals surface area contributed by atoms with Gasteiger partial charge in [-0.05, 0) is 47.9 Å². The van der Waals surface area contributed by atoms with E-state index in [1.807, 2.05) is 17.5 Å². The van der Waals surface area contributed by atoms with Gasteiger partial charge in [0.15, 0.2) is 5.11 Å². The molecule has 0 aliphatic heterocycles. The topological polar surface area (TPSA) is 59.6 Å². The van der Waals surface area contributed by atoms with E-state index in [1.54, 1.807) is 42.7 Å². The highest BCUT2D eigenvalue weighted by atomic mass is 32.1. The zero-order valence-electron chi connectivity index (χ0n) is 12.7. The second-order valence-corrected chi connectivity index (χ2v) is 6.02. The molecular formula is C16H18N2O3S2. The summed E-state index contributed by atoms with van der Waals surface area (Å²) < 4.78 is 10.4. The van der Waals surface area contributed by atoms with E-state index in [1.165, 1.54) is 0 Å². The van der Waals surface area contributed by atoms with Crippen LogP contribution in [0.2, 0.25) is 0 Å². The van der Waals surface area contributed by atoms with Crippen molar-refractivity contribution in [3.8, 4) is 5.75 Å². The number of hydrogen-bond acceptors (Lipinski definition) is 5. The molecule has 1 aromatic heterocycles. The molecule has 1 amide bonds. The van der Waals surface area contributed by atoms with Crippen molar-refractivity contribution in [1.29, 1.82) is 0 Å². The second-order valence-electron chi connectivity index (χ2n) is 4.58. The molecule has 0 radical (unpaired) electrons. The van der Waals surface area contributed by atoms with Gasteiger partial charge in [-0.2, -0.15) is 0 Å². The normalized spacial score (nSPS) is 10.1. The smallest absolute Gasteiger partial charge is 0.257 e. The minimum absolute atomic E-state index is 0.253. The second kappa shape index (κ2) is 9.24. The lowest BCUT2D eigenvalue weighted by molar-refractivity contribution is 0.0976. The van der Waals surface area contributed by atoms with Crippen molar-refractivity contribution in [2.45, 2.75) is 6.54 Å². The van der Waals surface area contributed by atoms with Gasteiger partial charge in [0.1, 0.15) is 12.4 Å². The summed E-state index contributed by atoms with van der Waals surface area (Å²) in [6.45, 7) is 1.59. The molecule has 0 unspecified atom stereocenters. The van der Waals surface area contributed by atoms with Crippen LogP contribution in [0.25, 0.3) is 0 Å². The number of carbonyl (C=O) groups excluding carboxylic acids is 1. The molecule has 1 heterocycles. The van der Waals surface area contributed by atoms with Gasteiger partial charge < -0.3 is 14.8 Å². The number of thiocarbonyl (C=S) groups is 1. The van der Waals surface area contributed by atoms with Crippen LogP contribution in [0.1, 0.15) is 15.2 Å². The largest absolute Gasteiger partial charge is 0.491 e. The maximum atomic E-state index is 12.1. The average molecular weight is 350 g/mol. The first kappa shape index (κ1) is 17.4. The number of benzene rings is 1. The molecule has 2 rings (SSSR count). The summed E-state index contributed by atoms with van der Waals surface area (Å²) in [4.78, 5) is 13.2. The van der Waals surface area contributed by atoms with Crippen molar-refractivity contribution >= 4 is 34.6 Å². The Labute approximate surface area is 144 Å². The zero-order valence-corrected chi connectivity index (χ0v) is 14.3. The maximum absolute atomic E-state index is 12.1. The molecule has 1 aromatic carbocycles. The fourth-order valence-corrected chi connectivity index (χ4v) is 2.55. The Morgan fingerprint density at radius 2 is 2.00 bits per heavy atom. The van der Waals surface area contributed by atoms with Crippen molar-refractivity contribution in [3.63, 3.8) is 0 Å². The molecule has 0 spiro atoms. The Bertz CT molecular complexity index is 627. The molecule has 0 aliphatic carbocycles. The molecule has 0 saturated carbocycles. The molecule has 122 valence electrons. The summed E-state index contributed by atoms with van der Waals surface area (Å²) in [5.74, 6) is 0.439. The van der Waals surface area contributed by atoms with E-state index in [2.05, 4.69) is 10.6 Å². The summed E-state index contributed by atoms with van der Waals surface area (Å²) >= 11 is 6.75. The van der Waals surface area contributed by atoms with E-state index in [4.69, 9.17) is 21.7 Å². The van der Waals surface area contributed by atoms with E-state index in [0.717, 1.165) is 4.88 Å². The number of amides is 1. The third-order valence-corrected chi connectivity index (χ3v) is 4.03. The number of ether oxygens (including phenoxy) is 2. The highest BCUT2D eigenvalue weighted by Gasteiger charge is 2.08. The molecule has 2 N–H and O–H groups in total. The fraction of sp³-hybridized carbons (Fsp3) is 0.250. The average Bonchev–Trinajstić information content (AvgIpc) is 3.07. The number of hydrogen-bond donors (Lipinski definition) is 2. The van der Waals surface area contributed by atoms with Crippen LogP contribution >= 0.6 is 23.6 Å². The molecular weight excluding hydrogens is 332 g/mol.